The van der Waals surface area contributed by atoms with Crippen LogP contribution in [0.1, 0.15) is 51.2 Å². The van der Waals surface area contributed by atoms with Gasteiger partial charge in [-0.3, -0.25) is 0 Å². The minimum atomic E-state index is 0.291. The zero-order valence-electron chi connectivity index (χ0n) is 13.5. The molecule has 1 aromatic carbocycles. The summed E-state index contributed by atoms with van der Waals surface area (Å²) < 4.78 is 11.5. The monoisotopic (exact) mass is 287 g/mol. The van der Waals surface area contributed by atoms with Crippen LogP contribution in [0.4, 0.5) is 0 Å². The lowest BCUT2D eigenvalue weighted by atomic mass is 9.71. The predicted molar refractivity (Wildman–Crippen MR) is 83.1 cm³/mol. The second kappa shape index (κ2) is 6.49. The van der Waals surface area contributed by atoms with Crippen molar-refractivity contribution in [2.45, 2.75) is 52.7 Å². The van der Waals surface area contributed by atoms with Gasteiger partial charge in [0.05, 0.1) is 31.5 Å². The van der Waals surface area contributed by atoms with Crippen molar-refractivity contribution in [3.8, 4) is 11.8 Å². The molecule has 0 radical (unpaired) electrons. The molecule has 1 aromatic rings. The van der Waals surface area contributed by atoms with Crippen LogP contribution in [0.2, 0.25) is 0 Å². The topological polar surface area (TPSA) is 42.2 Å². The van der Waals surface area contributed by atoms with Crippen molar-refractivity contribution in [2.75, 3.05) is 7.11 Å². The molecule has 2 unspecified atom stereocenters. The van der Waals surface area contributed by atoms with E-state index in [1.807, 2.05) is 12.1 Å². The van der Waals surface area contributed by atoms with E-state index < -0.39 is 0 Å². The number of ether oxygens (including phenoxy) is 2. The summed E-state index contributed by atoms with van der Waals surface area (Å²) in [4.78, 5) is 0. The number of nitrogens with zero attached hydrogens (tertiary/aromatic N) is 1. The van der Waals surface area contributed by atoms with Crippen LogP contribution in [0.15, 0.2) is 18.2 Å². The van der Waals surface area contributed by atoms with Gasteiger partial charge in [0.2, 0.25) is 0 Å². The highest BCUT2D eigenvalue weighted by Crippen LogP contribution is 2.40. The summed E-state index contributed by atoms with van der Waals surface area (Å²) in [6.45, 7) is 7.44. The molecule has 0 aromatic heterocycles. The van der Waals surface area contributed by atoms with Crippen LogP contribution in [-0.2, 0) is 11.3 Å². The second-order valence-corrected chi connectivity index (χ2v) is 6.98. The molecule has 1 saturated carbocycles. The summed E-state index contributed by atoms with van der Waals surface area (Å²) in [7, 11) is 1.65. The Morgan fingerprint density at radius 2 is 2.10 bits per heavy atom. The lowest BCUT2D eigenvalue weighted by molar-refractivity contribution is -0.0320. The van der Waals surface area contributed by atoms with Gasteiger partial charge >= 0.3 is 0 Å². The third-order valence-electron chi connectivity index (χ3n) is 4.23. The summed E-state index contributed by atoms with van der Waals surface area (Å²) in [5, 5.41) is 9.01. The van der Waals surface area contributed by atoms with Gasteiger partial charge in [-0.2, -0.15) is 5.26 Å². The maximum Gasteiger partial charge on any atom is 0.124 e. The van der Waals surface area contributed by atoms with Crippen molar-refractivity contribution >= 4 is 0 Å². The molecule has 114 valence electrons. The first-order valence-corrected chi connectivity index (χ1v) is 7.62. The minimum absolute atomic E-state index is 0.291. The van der Waals surface area contributed by atoms with E-state index in [0.29, 0.717) is 29.6 Å². The molecule has 21 heavy (non-hydrogen) atoms. The fourth-order valence-corrected chi connectivity index (χ4v) is 3.55. The maximum atomic E-state index is 9.01. The fraction of sp³-hybridized carbons (Fsp3) is 0.611. The Balaban J connectivity index is 2.04. The highest BCUT2D eigenvalue weighted by Gasteiger charge is 2.32. The fourth-order valence-electron chi connectivity index (χ4n) is 3.55. The van der Waals surface area contributed by atoms with Crippen molar-refractivity contribution in [1.82, 2.24) is 0 Å². The molecule has 1 fully saturated rings. The molecular weight excluding hydrogens is 262 g/mol. The Labute approximate surface area is 127 Å². The first-order chi connectivity index (χ1) is 9.93. The van der Waals surface area contributed by atoms with Gasteiger partial charge in [-0.25, -0.2) is 0 Å². The van der Waals surface area contributed by atoms with E-state index in [1.165, 1.54) is 6.42 Å². The molecule has 0 saturated heterocycles. The quantitative estimate of drug-likeness (QED) is 0.829. The van der Waals surface area contributed by atoms with E-state index >= 15 is 0 Å². The lowest BCUT2D eigenvalue weighted by Gasteiger charge is -2.38. The maximum absolute atomic E-state index is 9.01. The lowest BCUT2D eigenvalue weighted by Crippen LogP contribution is -2.32. The van der Waals surface area contributed by atoms with Gasteiger partial charge in [-0.15, -0.1) is 0 Å². The van der Waals surface area contributed by atoms with Crippen molar-refractivity contribution < 1.29 is 9.47 Å². The van der Waals surface area contributed by atoms with Crippen LogP contribution in [0.3, 0.4) is 0 Å². The van der Waals surface area contributed by atoms with Crippen molar-refractivity contribution in [2.24, 2.45) is 11.3 Å². The van der Waals surface area contributed by atoms with E-state index in [9.17, 15) is 0 Å². The molecule has 0 bridgehead atoms. The highest BCUT2D eigenvalue weighted by molar-refractivity contribution is 5.41. The second-order valence-electron chi connectivity index (χ2n) is 6.98. The third-order valence-corrected chi connectivity index (χ3v) is 4.23. The number of methoxy groups -OCH3 is 1. The Bertz CT molecular complexity index is 531. The smallest absolute Gasteiger partial charge is 0.124 e. The summed E-state index contributed by atoms with van der Waals surface area (Å²) in [5.74, 6) is 1.49. The molecule has 0 heterocycles. The molecule has 3 heteroatoms. The number of hydrogen-bond acceptors (Lipinski definition) is 3. The Hall–Kier alpha value is -1.53. The predicted octanol–water partition coefficient (Wildman–Crippen LogP) is 4.30. The van der Waals surface area contributed by atoms with Crippen LogP contribution in [0.5, 0.6) is 5.75 Å². The van der Waals surface area contributed by atoms with Gasteiger partial charge in [-0.05, 0) is 48.8 Å². The molecule has 3 nitrogen and oxygen atoms in total. The van der Waals surface area contributed by atoms with Crippen molar-refractivity contribution in [3.05, 3.63) is 29.3 Å². The average Bonchev–Trinajstić information content (AvgIpc) is 2.42. The first kappa shape index (κ1) is 15.9. The Morgan fingerprint density at radius 1 is 1.33 bits per heavy atom. The summed E-state index contributed by atoms with van der Waals surface area (Å²) >= 11 is 0. The Morgan fingerprint density at radius 3 is 2.71 bits per heavy atom. The van der Waals surface area contributed by atoms with Gasteiger partial charge in [0.15, 0.2) is 0 Å². The summed E-state index contributed by atoms with van der Waals surface area (Å²) in [6.07, 6.45) is 3.76. The molecule has 2 rings (SSSR count). The molecule has 1 aliphatic carbocycles. The molecular formula is C18H25NO2. The zero-order valence-corrected chi connectivity index (χ0v) is 13.5. The van der Waals surface area contributed by atoms with Crippen LogP contribution in [-0.4, -0.2) is 13.2 Å². The normalized spacial score (nSPS) is 24.3. The van der Waals surface area contributed by atoms with E-state index in [4.69, 9.17) is 14.7 Å². The summed E-state index contributed by atoms with van der Waals surface area (Å²) in [5.41, 5.74) is 1.94. The SMILES string of the molecule is COc1ccc(C#N)cc1COC1CC(C)CC(C)(C)C1. The third kappa shape index (κ3) is 4.22. The van der Waals surface area contributed by atoms with Gasteiger partial charge in [0.1, 0.15) is 5.75 Å². The van der Waals surface area contributed by atoms with Gasteiger partial charge in [0, 0.05) is 5.56 Å². The van der Waals surface area contributed by atoms with E-state index in [2.05, 4.69) is 26.8 Å². The average molecular weight is 287 g/mol. The van der Waals surface area contributed by atoms with Gasteiger partial charge < -0.3 is 9.47 Å². The summed E-state index contributed by atoms with van der Waals surface area (Å²) in [6, 6.07) is 7.63. The first-order valence-electron chi connectivity index (χ1n) is 7.62. The largest absolute Gasteiger partial charge is 0.496 e. The molecule has 1 aliphatic rings. The molecule has 0 amide bonds. The van der Waals surface area contributed by atoms with Crippen molar-refractivity contribution in [1.29, 1.82) is 5.26 Å². The van der Waals surface area contributed by atoms with Crippen molar-refractivity contribution in [3.63, 3.8) is 0 Å². The van der Waals surface area contributed by atoms with E-state index in [1.54, 1.807) is 13.2 Å². The number of hydrogen-bond donors (Lipinski definition) is 0. The standard InChI is InChI=1S/C18H25NO2/c1-13-7-16(10-18(2,3)9-13)21-12-15-8-14(11-19)5-6-17(15)20-4/h5-6,8,13,16H,7,9-10,12H2,1-4H3. The Kier molecular flexibility index (Phi) is 4.90. The van der Waals surface area contributed by atoms with Crippen LogP contribution >= 0.6 is 0 Å². The molecule has 0 spiro atoms. The molecule has 0 aliphatic heterocycles. The highest BCUT2D eigenvalue weighted by atomic mass is 16.5. The zero-order chi connectivity index (χ0) is 15.5. The van der Waals surface area contributed by atoms with E-state index in [0.717, 1.165) is 24.2 Å². The van der Waals surface area contributed by atoms with Gasteiger partial charge in [-0.1, -0.05) is 20.8 Å². The minimum Gasteiger partial charge on any atom is -0.496 e. The van der Waals surface area contributed by atoms with Crippen LogP contribution in [0.25, 0.3) is 0 Å². The van der Waals surface area contributed by atoms with Crippen LogP contribution < -0.4 is 4.74 Å². The molecule has 2 atom stereocenters. The van der Waals surface area contributed by atoms with Crippen LogP contribution in [0, 0.1) is 22.7 Å². The van der Waals surface area contributed by atoms with E-state index in [-0.39, 0.29) is 0 Å². The number of rotatable bonds is 4. The molecule has 0 N–H and O–H groups in total. The number of benzene rings is 1. The number of nitriles is 1. The van der Waals surface area contributed by atoms with Gasteiger partial charge in [0.25, 0.3) is 0 Å².